The standard InChI is InChI=1S/C16H25NO2/c1-4-5-8-11-17(12-14(3)16(18)19)15-10-7-6-9-13(15)2/h6-7,9-10,14H,4-5,8,11-12H2,1-3H3,(H,18,19). The molecule has 1 aromatic carbocycles. The lowest BCUT2D eigenvalue weighted by Crippen LogP contribution is -2.33. The number of nitrogens with zero attached hydrogens (tertiary/aromatic N) is 1. The van der Waals surface area contributed by atoms with Crippen molar-refractivity contribution in [3.05, 3.63) is 29.8 Å². The Hall–Kier alpha value is -1.51. The van der Waals surface area contributed by atoms with E-state index in [0.717, 1.165) is 18.7 Å². The fourth-order valence-corrected chi connectivity index (χ4v) is 2.19. The fraction of sp³-hybridized carbons (Fsp3) is 0.562. The summed E-state index contributed by atoms with van der Waals surface area (Å²) in [4.78, 5) is 13.3. The Balaban J connectivity index is 2.79. The Morgan fingerprint density at radius 2 is 2.00 bits per heavy atom. The topological polar surface area (TPSA) is 40.5 Å². The molecule has 0 spiro atoms. The number of benzene rings is 1. The molecular formula is C16H25NO2. The van der Waals surface area contributed by atoms with Gasteiger partial charge in [-0.15, -0.1) is 0 Å². The minimum atomic E-state index is -0.728. The number of carboxylic acids is 1. The molecule has 0 heterocycles. The number of unbranched alkanes of at least 4 members (excludes halogenated alkanes) is 2. The van der Waals surface area contributed by atoms with Crippen LogP contribution in [0.4, 0.5) is 5.69 Å². The van der Waals surface area contributed by atoms with Crippen LogP contribution in [0.2, 0.25) is 0 Å². The van der Waals surface area contributed by atoms with Crippen LogP contribution in [0.3, 0.4) is 0 Å². The molecule has 0 aliphatic carbocycles. The molecule has 0 saturated carbocycles. The molecule has 0 amide bonds. The van der Waals surface area contributed by atoms with Crippen molar-refractivity contribution in [1.82, 2.24) is 0 Å². The molecule has 0 aliphatic heterocycles. The smallest absolute Gasteiger partial charge is 0.308 e. The molecule has 106 valence electrons. The monoisotopic (exact) mass is 263 g/mol. The van der Waals surface area contributed by atoms with Crippen LogP contribution in [-0.4, -0.2) is 24.2 Å². The van der Waals surface area contributed by atoms with E-state index >= 15 is 0 Å². The SMILES string of the molecule is CCCCCN(CC(C)C(=O)O)c1ccccc1C. The summed E-state index contributed by atoms with van der Waals surface area (Å²) in [5.41, 5.74) is 2.36. The number of aliphatic carboxylic acids is 1. The molecule has 0 saturated heterocycles. The van der Waals surface area contributed by atoms with Crippen LogP contribution in [0.5, 0.6) is 0 Å². The van der Waals surface area contributed by atoms with Gasteiger partial charge in [0.25, 0.3) is 0 Å². The normalized spacial score (nSPS) is 12.2. The molecule has 1 N–H and O–H groups in total. The van der Waals surface area contributed by atoms with Gasteiger partial charge in [0.1, 0.15) is 0 Å². The zero-order valence-electron chi connectivity index (χ0n) is 12.2. The summed E-state index contributed by atoms with van der Waals surface area (Å²) in [5.74, 6) is -1.07. The number of rotatable bonds is 8. The quantitative estimate of drug-likeness (QED) is 0.727. The summed E-state index contributed by atoms with van der Waals surface area (Å²) in [6, 6.07) is 8.19. The minimum absolute atomic E-state index is 0.346. The zero-order chi connectivity index (χ0) is 14.3. The van der Waals surface area contributed by atoms with Crippen molar-refractivity contribution >= 4 is 11.7 Å². The first-order chi connectivity index (χ1) is 9.06. The van der Waals surface area contributed by atoms with Gasteiger partial charge in [-0.05, 0) is 25.0 Å². The number of para-hydroxylation sites is 1. The molecule has 0 fully saturated rings. The Bertz CT molecular complexity index is 403. The average molecular weight is 263 g/mol. The first kappa shape index (κ1) is 15.5. The second-order valence-electron chi connectivity index (χ2n) is 5.18. The molecule has 3 heteroatoms. The van der Waals surface area contributed by atoms with Crippen molar-refractivity contribution < 1.29 is 9.90 Å². The molecule has 1 atom stereocenters. The van der Waals surface area contributed by atoms with Gasteiger partial charge in [0, 0.05) is 18.8 Å². The summed E-state index contributed by atoms with van der Waals surface area (Å²) in [5, 5.41) is 9.09. The predicted octanol–water partition coefficient (Wildman–Crippen LogP) is 3.71. The predicted molar refractivity (Wildman–Crippen MR) is 79.7 cm³/mol. The first-order valence-corrected chi connectivity index (χ1v) is 7.09. The maximum Gasteiger partial charge on any atom is 0.308 e. The molecule has 19 heavy (non-hydrogen) atoms. The highest BCUT2D eigenvalue weighted by molar-refractivity contribution is 5.70. The van der Waals surface area contributed by atoms with Crippen LogP contribution in [0, 0.1) is 12.8 Å². The van der Waals surface area contributed by atoms with Crippen molar-refractivity contribution in [3.63, 3.8) is 0 Å². The van der Waals surface area contributed by atoms with Crippen LogP contribution in [0.15, 0.2) is 24.3 Å². The Labute approximate surface area is 116 Å². The zero-order valence-corrected chi connectivity index (χ0v) is 12.2. The Morgan fingerprint density at radius 3 is 2.58 bits per heavy atom. The average Bonchev–Trinajstić information content (AvgIpc) is 2.38. The van der Waals surface area contributed by atoms with Crippen LogP contribution < -0.4 is 4.90 Å². The molecular weight excluding hydrogens is 238 g/mol. The van der Waals surface area contributed by atoms with Gasteiger partial charge >= 0.3 is 5.97 Å². The highest BCUT2D eigenvalue weighted by Crippen LogP contribution is 2.21. The largest absolute Gasteiger partial charge is 0.481 e. The van der Waals surface area contributed by atoms with Crippen LogP contribution in [0.1, 0.15) is 38.7 Å². The van der Waals surface area contributed by atoms with E-state index in [1.165, 1.54) is 18.4 Å². The van der Waals surface area contributed by atoms with Gasteiger partial charge in [0.2, 0.25) is 0 Å². The molecule has 1 rings (SSSR count). The maximum atomic E-state index is 11.1. The summed E-state index contributed by atoms with van der Waals surface area (Å²) in [6.45, 7) is 7.53. The lowest BCUT2D eigenvalue weighted by molar-refractivity contribution is -0.140. The number of hydrogen-bond donors (Lipinski definition) is 1. The molecule has 3 nitrogen and oxygen atoms in total. The first-order valence-electron chi connectivity index (χ1n) is 7.09. The third-order valence-electron chi connectivity index (χ3n) is 3.40. The van der Waals surface area contributed by atoms with E-state index in [9.17, 15) is 4.79 Å². The number of carbonyl (C=O) groups is 1. The third-order valence-corrected chi connectivity index (χ3v) is 3.40. The van der Waals surface area contributed by atoms with Gasteiger partial charge in [0.05, 0.1) is 5.92 Å². The highest BCUT2D eigenvalue weighted by Gasteiger charge is 2.17. The number of aryl methyl sites for hydroxylation is 1. The fourth-order valence-electron chi connectivity index (χ4n) is 2.19. The van der Waals surface area contributed by atoms with Crippen molar-refractivity contribution in [1.29, 1.82) is 0 Å². The molecule has 0 bridgehead atoms. The van der Waals surface area contributed by atoms with E-state index in [-0.39, 0.29) is 5.92 Å². The summed E-state index contributed by atoms with van der Waals surface area (Å²) >= 11 is 0. The molecule has 1 unspecified atom stereocenters. The van der Waals surface area contributed by atoms with Gasteiger partial charge < -0.3 is 10.0 Å². The van der Waals surface area contributed by atoms with Crippen LogP contribution in [-0.2, 0) is 4.79 Å². The molecule has 0 aliphatic rings. The second kappa shape index (κ2) is 7.82. The van der Waals surface area contributed by atoms with E-state index in [2.05, 4.69) is 30.9 Å². The van der Waals surface area contributed by atoms with Crippen molar-refractivity contribution in [3.8, 4) is 0 Å². The molecule has 1 aromatic rings. The van der Waals surface area contributed by atoms with Gasteiger partial charge in [-0.1, -0.05) is 44.9 Å². The van der Waals surface area contributed by atoms with Gasteiger partial charge in [-0.25, -0.2) is 0 Å². The summed E-state index contributed by atoms with van der Waals surface area (Å²) in [6.07, 6.45) is 3.47. The van der Waals surface area contributed by atoms with Crippen LogP contribution in [0.25, 0.3) is 0 Å². The minimum Gasteiger partial charge on any atom is -0.481 e. The van der Waals surface area contributed by atoms with E-state index in [4.69, 9.17) is 5.11 Å². The van der Waals surface area contributed by atoms with Crippen LogP contribution >= 0.6 is 0 Å². The van der Waals surface area contributed by atoms with Crippen molar-refractivity contribution in [2.45, 2.75) is 40.0 Å². The summed E-state index contributed by atoms with van der Waals surface area (Å²) < 4.78 is 0. The van der Waals surface area contributed by atoms with Gasteiger partial charge in [0.15, 0.2) is 0 Å². The lowest BCUT2D eigenvalue weighted by atomic mass is 10.1. The molecule has 0 radical (unpaired) electrons. The van der Waals surface area contributed by atoms with E-state index in [0.29, 0.717) is 6.54 Å². The Morgan fingerprint density at radius 1 is 1.32 bits per heavy atom. The van der Waals surface area contributed by atoms with Crippen molar-refractivity contribution in [2.24, 2.45) is 5.92 Å². The van der Waals surface area contributed by atoms with Gasteiger partial charge in [-0.2, -0.15) is 0 Å². The van der Waals surface area contributed by atoms with E-state index in [1.807, 2.05) is 12.1 Å². The molecule has 0 aromatic heterocycles. The van der Waals surface area contributed by atoms with E-state index in [1.54, 1.807) is 6.92 Å². The number of hydrogen-bond acceptors (Lipinski definition) is 2. The summed E-state index contributed by atoms with van der Waals surface area (Å²) in [7, 11) is 0. The van der Waals surface area contributed by atoms with Crippen molar-refractivity contribution in [2.75, 3.05) is 18.0 Å². The lowest BCUT2D eigenvalue weighted by Gasteiger charge is -2.28. The number of carboxylic acid groups (broad SMARTS) is 1. The third kappa shape index (κ3) is 4.93. The highest BCUT2D eigenvalue weighted by atomic mass is 16.4. The van der Waals surface area contributed by atoms with E-state index < -0.39 is 5.97 Å². The maximum absolute atomic E-state index is 11.1. The Kier molecular flexibility index (Phi) is 6.40. The number of anilines is 1. The van der Waals surface area contributed by atoms with Gasteiger partial charge in [-0.3, -0.25) is 4.79 Å². The second-order valence-corrected chi connectivity index (χ2v) is 5.18.